The monoisotopic (exact) mass is 236 g/mol. The Hall–Kier alpha value is -0.660. The van der Waals surface area contributed by atoms with Crippen molar-refractivity contribution in [2.24, 2.45) is 5.73 Å². The van der Waals surface area contributed by atoms with Crippen molar-refractivity contribution in [3.05, 3.63) is 0 Å². The van der Waals surface area contributed by atoms with Crippen LogP contribution in [0.25, 0.3) is 0 Å². The molecule has 1 amide bonds. The molecule has 1 heterocycles. The fourth-order valence-corrected chi connectivity index (χ4v) is 2.95. The zero-order chi connectivity index (χ0) is 11.6. The summed E-state index contributed by atoms with van der Waals surface area (Å²) in [6.45, 7) is 3.67. The van der Waals surface area contributed by atoms with Crippen molar-refractivity contribution in [3.8, 4) is 0 Å². The Morgan fingerprint density at radius 3 is 2.67 bits per heavy atom. The van der Waals surface area contributed by atoms with Gasteiger partial charge in [0.2, 0.25) is 15.9 Å². The Labute approximate surface area is 89.4 Å². The van der Waals surface area contributed by atoms with Crippen LogP contribution < -0.4 is 5.73 Å². The van der Waals surface area contributed by atoms with Crippen LogP contribution in [0.1, 0.15) is 13.8 Å². The van der Waals surface area contributed by atoms with Crippen LogP contribution >= 0.6 is 0 Å². The summed E-state index contributed by atoms with van der Waals surface area (Å²) in [7, 11) is -3.40. The van der Waals surface area contributed by atoms with E-state index in [0.717, 1.165) is 4.31 Å². The number of carbonyl (C=O) groups excluding carboxylic acids is 1. The Balaban J connectivity index is 2.99. The lowest BCUT2D eigenvalue weighted by Gasteiger charge is -2.36. The topological polar surface area (TPSA) is 89.7 Å². The molecule has 6 nitrogen and oxygen atoms in total. The SMILES string of the molecule is CCS(=O)(=O)N1CCO[C@H](C)[C@H]1C(N)=O. The highest BCUT2D eigenvalue weighted by atomic mass is 32.2. The van der Waals surface area contributed by atoms with E-state index < -0.39 is 28.1 Å². The van der Waals surface area contributed by atoms with Gasteiger partial charge in [0.1, 0.15) is 6.04 Å². The van der Waals surface area contributed by atoms with Gasteiger partial charge in [-0.2, -0.15) is 4.31 Å². The molecule has 0 bridgehead atoms. The number of carbonyl (C=O) groups is 1. The molecule has 15 heavy (non-hydrogen) atoms. The van der Waals surface area contributed by atoms with E-state index in [1.807, 2.05) is 0 Å². The summed E-state index contributed by atoms with van der Waals surface area (Å²) >= 11 is 0. The van der Waals surface area contributed by atoms with E-state index >= 15 is 0 Å². The average molecular weight is 236 g/mol. The van der Waals surface area contributed by atoms with Gasteiger partial charge in [-0.3, -0.25) is 4.79 Å². The molecular weight excluding hydrogens is 220 g/mol. The van der Waals surface area contributed by atoms with Crippen molar-refractivity contribution >= 4 is 15.9 Å². The van der Waals surface area contributed by atoms with Gasteiger partial charge in [-0.25, -0.2) is 8.42 Å². The summed E-state index contributed by atoms with van der Waals surface area (Å²) in [6.07, 6.45) is -0.488. The van der Waals surface area contributed by atoms with Gasteiger partial charge in [-0.1, -0.05) is 0 Å². The number of amides is 1. The summed E-state index contributed by atoms with van der Waals surface area (Å²) in [5, 5.41) is 0. The summed E-state index contributed by atoms with van der Waals surface area (Å²) in [5.74, 6) is -0.706. The first kappa shape index (κ1) is 12.4. The van der Waals surface area contributed by atoms with Gasteiger partial charge in [0.15, 0.2) is 0 Å². The number of morpholine rings is 1. The standard InChI is InChI=1S/C8H16N2O4S/c1-3-15(12,13)10-4-5-14-6(2)7(10)8(9)11/h6-7H,3-5H2,1-2H3,(H2,9,11)/t6-,7+/m1/s1. The van der Waals surface area contributed by atoms with Crippen LogP contribution in [-0.4, -0.2) is 49.7 Å². The molecular formula is C8H16N2O4S. The number of rotatable bonds is 3. The average Bonchev–Trinajstić information content (AvgIpc) is 2.16. The third-order valence-corrected chi connectivity index (χ3v) is 4.31. The lowest BCUT2D eigenvalue weighted by Crippen LogP contribution is -2.58. The minimum atomic E-state index is -3.40. The van der Waals surface area contributed by atoms with E-state index in [2.05, 4.69) is 0 Å². The summed E-state index contributed by atoms with van der Waals surface area (Å²) < 4.78 is 29.7. The van der Waals surface area contributed by atoms with Crippen molar-refractivity contribution < 1.29 is 17.9 Å². The zero-order valence-corrected chi connectivity index (χ0v) is 9.66. The van der Waals surface area contributed by atoms with E-state index in [4.69, 9.17) is 10.5 Å². The number of ether oxygens (including phenoxy) is 1. The van der Waals surface area contributed by atoms with Crippen LogP contribution in [-0.2, 0) is 19.6 Å². The first-order valence-corrected chi connectivity index (χ1v) is 6.41. The second-order valence-electron chi connectivity index (χ2n) is 3.43. The Kier molecular flexibility index (Phi) is 3.69. The molecule has 1 rings (SSSR count). The normalized spacial score (nSPS) is 28.9. The molecule has 0 saturated carbocycles. The molecule has 1 saturated heterocycles. The molecule has 0 aromatic heterocycles. The molecule has 0 radical (unpaired) electrons. The maximum Gasteiger partial charge on any atom is 0.238 e. The Morgan fingerprint density at radius 2 is 2.20 bits per heavy atom. The molecule has 0 spiro atoms. The number of nitrogens with two attached hydrogens (primary N) is 1. The summed E-state index contributed by atoms with van der Waals surface area (Å²) in [4.78, 5) is 11.2. The smallest absolute Gasteiger partial charge is 0.238 e. The van der Waals surface area contributed by atoms with Crippen molar-refractivity contribution in [2.45, 2.75) is 26.0 Å². The maximum atomic E-state index is 11.7. The third kappa shape index (κ3) is 2.47. The molecule has 2 N–H and O–H groups in total. The zero-order valence-electron chi connectivity index (χ0n) is 8.84. The van der Waals surface area contributed by atoms with Gasteiger partial charge in [-0.05, 0) is 13.8 Å². The molecule has 1 aliphatic heterocycles. The van der Waals surface area contributed by atoms with Gasteiger partial charge in [0, 0.05) is 6.54 Å². The van der Waals surface area contributed by atoms with Crippen LogP contribution in [0.15, 0.2) is 0 Å². The first-order chi connectivity index (χ1) is 6.90. The summed E-state index contributed by atoms with van der Waals surface area (Å²) in [5.41, 5.74) is 5.17. The minimum Gasteiger partial charge on any atom is -0.375 e. The van der Waals surface area contributed by atoms with Crippen molar-refractivity contribution in [2.75, 3.05) is 18.9 Å². The molecule has 1 fully saturated rings. The fourth-order valence-electron chi connectivity index (χ4n) is 1.64. The fraction of sp³-hybridized carbons (Fsp3) is 0.875. The van der Waals surface area contributed by atoms with Gasteiger partial charge in [-0.15, -0.1) is 0 Å². The second-order valence-corrected chi connectivity index (χ2v) is 5.64. The van der Waals surface area contributed by atoms with E-state index in [9.17, 15) is 13.2 Å². The van der Waals surface area contributed by atoms with E-state index in [-0.39, 0.29) is 12.3 Å². The second kappa shape index (κ2) is 4.46. The molecule has 88 valence electrons. The van der Waals surface area contributed by atoms with Crippen LogP contribution in [0.2, 0.25) is 0 Å². The van der Waals surface area contributed by atoms with Crippen LogP contribution in [0.5, 0.6) is 0 Å². The predicted molar refractivity (Wildman–Crippen MR) is 54.6 cm³/mol. The van der Waals surface area contributed by atoms with E-state index in [0.29, 0.717) is 6.61 Å². The Bertz CT molecular complexity index is 341. The number of hydrogen-bond donors (Lipinski definition) is 1. The number of primary amides is 1. The van der Waals surface area contributed by atoms with Gasteiger partial charge >= 0.3 is 0 Å². The highest BCUT2D eigenvalue weighted by Crippen LogP contribution is 2.17. The quantitative estimate of drug-likeness (QED) is 0.674. The highest BCUT2D eigenvalue weighted by Gasteiger charge is 2.39. The van der Waals surface area contributed by atoms with Crippen molar-refractivity contribution in [3.63, 3.8) is 0 Å². The molecule has 0 aromatic rings. The van der Waals surface area contributed by atoms with Crippen molar-refractivity contribution in [1.29, 1.82) is 0 Å². The minimum absolute atomic E-state index is 0.0382. The van der Waals surface area contributed by atoms with E-state index in [1.54, 1.807) is 6.92 Å². The van der Waals surface area contributed by atoms with Gasteiger partial charge < -0.3 is 10.5 Å². The largest absolute Gasteiger partial charge is 0.375 e. The van der Waals surface area contributed by atoms with Gasteiger partial charge in [0.25, 0.3) is 0 Å². The van der Waals surface area contributed by atoms with Gasteiger partial charge in [0.05, 0.1) is 18.5 Å². The first-order valence-electron chi connectivity index (χ1n) is 4.80. The molecule has 7 heteroatoms. The molecule has 1 aliphatic rings. The lowest BCUT2D eigenvalue weighted by atomic mass is 10.1. The number of nitrogens with zero attached hydrogens (tertiary/aromatic N) is 1. The Morgan fingerprint density at radius 1 is 1.60 bits per heavy atom. The molecule has 0 aliphatic carbocycles. The molecule has 0 aromatic carbocycles. The molecule has 2 atom stereocenters. The number of sulfonamides is 1. The number of hydrogen-bond acceptors (Lipinski definition) is 4. The van der Waals surface area contributed by atoms with Crippen LogP contribution in [0, 0.1) is 0 Å². The van der Waals surface area contributed by atoms with Crippen molar-refractivity contribution in [1.82, 2.24) is 4.31 Å². The van der Waals surface area contributed by atoms with Crippen LogP contribution in [0.4, 0.5) is 0 Å². The highest BCUT2D eigenvalue weighted by molar-refractivity contribution is 7.89. The molecule has 0 unspecified atom stereocenters. The predicted octanol–water partition coefficient (Wildman–Crippen LogP) is -1.09. The summed E-state index contributed by atoms with van der Waals surface area (Å²) in [6, 6.07) is -0.885. The lowest BCUT2D eigenvalue weighted by molar-refractivity contribution is -0.130. The van der Waals surface area contributed by atoms with Crippen LogP contribution in [0.3, 0.4) is 0 Å². The van der Waals surface area contributed by atoms with E-state index in [1.165, 1.54) is 6.92 Å². The maximum absolute atomic E-state index is 11.7. The third-order valence-electron chi connectivity index (χ3n) is 2.46.